The first-order valence-corrected chi connectivity index (χ1v) is 8.07. The Balaban J connectivity index is 2.06. The molecule has 0 bridgehead atoms. The summed E-state index contributed by atoms with van der Waals surface area (Å²) in [6.45, 7) is 0.0620. The van der Waals surface area contributed by atoms with Crippen LogP contribution in [0.3, 0.4) is 0 Å². The van der Waals surface area contributed by atoms with Crippen LogP contribution in [-0.2, 0) is 4.79 Å². The van der Waals surface area contributed by atoms with Crippen LogP contribution < -0.4 is 0 Å². The summed E-state index contributed by atoms with van der Waals surface area (Å²) in [4.78, 5) is 14.0. The molecule has 0 radical (unpaired) electrons. The van der Waals surface area contributed by atoms with E-state index in [0.717, 1.165) is 25.7 Å². The van der Waals surface area contributed by atoms with Gasteiger partial charge in [0.2, 0.25) is 5.91 Å². The van der Waals surface area contributed by atoms with E-state index in [2.05, 4.69) is 0 Å². The number of nitriles is 1. The maximum Gasteiger partial charge on any atom is 0.226 e. The highest BCUT2D eigenvalue weighted by Crippen LogP contribution is 2.28. The zero-order chi connectivity index (χ0) is 16.1. The third-order valence-electron chi connectivity index (χ3n) is 3.96. The second-order valence-corrected chi connectivity index (χ2v) is 6.41. The maximum absolute atomic E-state index is 12.4. The van der Waals surface area contributed by atoms with E-state index >= 15 is 0 Å². The molecule has 1 N–H and O–H groups in total. The molecule has 1 aromatic rings. The van der Waals surface area contributed by atoms with Crippen molar-refractivity contribution in [1.29, 1.82) is 5.26 Å². The van der Waals surface area contributed by atoms with E-state index in [1.807, 2.05) is 6.07 Å². The Morgan fingerprint density at radius 2 is 1.91 bits per heavy atom. The van der Waals surface area contributed by atoms with Crippen molar-refractivity contribution < 1.29 is 9.90 Å². The molecule has 1 unspecified atom stereocenters. The van der Waals surface area contributed by atoms with Gasteiger partial charge in [0.25, 0.3) is 0 Å². The summed E-state index contributed by atoms with van der Waals surface area (Å²) in [5.74, 6) is -0.211. The summed E-state index contributed by atoms with van der Waals surface area (Å²) in [6, 6.07) is 6.91. The number of hydrogen-bond acceptors (Lipinski definition) is 3. The van der Waals surface area contributed by atoms with Crippen molar-refractivity contribution >= 4 is 29.1 Å². The predicted molar refractivity (Wildman–Crippen MR) is 85.6 cm³/mol. The molecule has 4 nitrogen and oxygen atoms in total. The number of amides is 1. The third kappa shape index (κ3) is 4.36. The number of hydrogen-bond donors (Lipinski definition) is 1. The number of aliphatic hydroxyl groups is 1. The Morgan fingerprint density at radius 1 is 1.32 bits per heavy atom. The normalized spacial score (nSPS) is 16.3. The number of carbonyl (C=O) groups is 1. The molecular weight excluding hydrogens is 323 g/mol. The highest BCUT2D eigenvalue weighted by Gasteiger charge is 2.28. The van der Waals surface area contributed by atoms with Crippen LogP contribution in [0.25, 0.3) is 0 Å². The van der Waals surface area contributed by atoms with Crippen molar-refractivity contribution in [1.82, 2.24) is 4.90 Å². The van der Waals surface area contributed by atoms with Crippen molar-refractivity contribution in [3.63, 3.8) is 0 Å². The highest BCUT2D eigenvalue weighted by atomic mass is 35.5. The van der Waals surface area contributed by atoms with E-state index in [-0.39, 0.29) is 24.9 Å². The summed E-state index contributed by atoms with van der Waals surface area (Å²) >= 11 is 11.8. The number of halogens is 2. The first-order valence-electron chi connectivity index (χ1n) is 7.31. The van der Waals surface area contributed by atoms with Gasteiger partial charge in [0.1, 0.15) is 6.54 Å². The largest absolute Gasteiger partial charge is 0.388 e. The number of aliphatic hydroxyl groups excluding tert-OH is 1. The number of carbonyl (C=O) groups excluding carboxylic acids is 1. The lowest BCUT2D eigenvalue weighted by Gasteiger charge is -2.27. The van der Waals surface area contributed by atoms with E-state index < -0.39 is 6.10 Å². The van der Waals surface area contributed by atoms with Crippen molar-refractivity contribution in [3.05, 3.63) is 33.8 Å². The quantitative estimate of drug-likeness (QED) is 0.831. The molecule has 0 spiro atoms. The minimum atomic E-state index is -0.980. The van der Waals surface area contributed by atoms with Crippen LogP contribution in [0.15, 0.2) is 18.2 Å². The third-order valence-corrected chi connectivity index (χ3v) is 4.40. The van der Waals surface area contributed by atoms with Crippen LogP contribution in [0.2, 0.25) is 10.0 Å². The van der Waals surface area contributed by atoms with Crippen LogP contribution in [0.4, 0.5) is 0 Å². The average Bonchev–Trinajstić information content (AvgIpc) is 2.97. The summed E-state index contributed by atoms with van der Waals surface area (Å²) < 4.78 is 0. The molecule has 0 aliphatic heterocycles. The molecule has 6 heteroatoms. The van der Waals surface area contributed by atoms with E-state index in [9.17, 15) is 9.90 Å². The lowest BCUT2D eigenvalue weighted by atomic mass is 10.1. The van der Waals surface area contributed by atoms with Crippen LogP contribution in [0.1, 0.15) is 43.8 Å². The number of benzene rings is 1. The van der Waals surface area contributed by atoms with Gasteiger partial charge in [-0.1, -0.05) is 36.0 Å². The molecule has 118 valence electrons. The molecular formula is C16H18Cl2N2O2. The topological polar surface area (TPSA) is 64.3 Å². The summed E-state index contributed by atoms with van der Waals surface area (Å²) in [5, 5.41) is 20.0. The zero-order valence-electron chi connectivity index (χ0n) is 12.1. The second kappa shape index (κ2) is 7.82. The fourth-order valence-electron chi connectivity index (χ4n) is 2.88. The molecule has 2 rings (SSSR count). The Hall–Kier alpha value is -1.28. The second-order valence-electron chi connectivity index (χ2n) is 5.54. The first-order chi connectivity index (χ1) is 10.5. The van der Waals surface area contributed by atoms with Crippen molar-refractivity contribution in [3.8, 4) is 6.07 Å². The summed E-state index contributed by atoms with van der Waals surface area (Å²) in [7, 11) is 0. The monoisotopic (exact) mass is 340 g/mol. The molecule has 0 aromatic heterocycles. The predicted octanol–water partition coefficient (Wildman–Crippen LogP) is 3.71. The molecule has 1 aliphatic rings. The smallest absolute Gasteiger partial charge is 0.226 e. The summed E-state index contributed by atoms with van der Waals surface area (Å²) in [6.07, 6.45) is 2.94. The van der Waals surface area contributed by atoms with Crippen LogP contribution >= 0.6 is 23.2 Å². The lowest BCUT2D eigenvalue weighted by Crippen LogP contribution is -2.39. The summed E-state index contributed by atoms with van der Waals surface area (Å²) in [5.41, 5.74) is 0.508. The fraction of sp³-hybridized carbons (Fsp3) is 0.500. The van der Waals surface area contributed by atoms with E-state index in [4.69, 9.17) is 28.5 Å². The van der Waals surface area contributed by atoms with Gasteiger partial charge in [-0.3, -0.25) is 4.79 Å². The Labute approximate surface area is 140 Å². The standard InChI is InChI=1S/C16H18Cl2N2O2/c17-12-7-11(8-13(18)9-12)15(21)10-16(22)20(6-5-19)14-3-1-2-4-14/h7-9,14-15,21H,1-4,6,10H2. The van der Waals surface area contributed by atoms with E-state index in [1.54, 1.807) is 23.1 Å². The van der Waals surface area contributed by atoms with Gasteiger partial charge in [-0.2, -0.15) is 5.26 Å². The average molecular weight is 341 g/mol. The molecule has 1 saturated carbocycles. The molecule has 1 amide bonds. The zero-order valence-corrected chi connectivity index (χ0v) is 13.6. The highest BCUT2D eigenvalue weighted by molar-refractivity contribution is 6.34. The molecule has 1 fully saturated rings. The maximum atomic E-state index is 12.4. The van der Waals surface area contributed by atoms with Gasteiger partial charge in [-0.05, 0) is 36.6 Å². The molecule has 1 atom stereocenters. The first kappa shape index (κ1) is 17.1. The SMILES string of the molecule is N#CCN(C(=O)CC(O)c1cc(Cl)cc(Cl)c1)C1CCCC1. The van der Waals surface area contributed by atoms with E-state index in [0.29, 0.717) is 15.6 Å². The Bertz CT molecular complexity index is 560. The number of rotatable bonds is 5. The minimum Gasteiger partial charge on any atom is -0.388 e. The van der Waals surface area contributed by atoms with Gasteiger partial charge >= 0.3 is 0 Å². The van der Waals surface area contributed by atoms with Gasteiger partial charge in [-0.15, -0.1) is 0 Å². The Kier molecular flexibility index (Phi) is 6.07. The molecule has 0 saturated heterocycles. The van der Waals surface area contributed by atoms with E-state index in [1.165, 1.54) is 0 Å². The van der Waals surface area contributed by atoms with Crippen LogP contribution in [0.5, 0.6) is 0 Å². The van der Waals surface area contributed by atoms with Crippen molar-refractivity contribution in [2.75, 3.05) is 6.54 Å². The van der Waals surface area contributed by atoms with Gasteiger partial charge < -0.3 is 10.0 Å². The lowest BCUT2D eigenvalue weighted by molar-refractivity contribution is -0.134. The molecule has 1 aliphatic carbocycles. The van der Waals surface area contributed by atoms with Crippen LogP contribution in [-0.4, -0.2) is 28.5 Å². The van der Waals surface area contributed by atoms with Gasteiger partial charge in [-0.25, -0.2) is 0 Å². The number of nitrogens with zero attached hydrogens (tertiary/aromatic N) is 2. The van der Waals surface area contributed by atoms with Crippen molar-refractivity contribution in [2.24, 2.45) is 0 Å². The molecule has 22 heavy (non-hydrogen) atoms. The minimum absolute atomic E-state index is 0.0620. The fourth-order valence-corrected chi connectivity index (χ4v) is 3.42. The van der Waals surface area contributed by atoms with Crippen LogP contribution in [0, 0.1) is 11.3 Å². The molecule has 0 heterocycles. The van der Waals surface area contributed by atoms with Gasteiger partial charge in [0.05, 0.1) is 18.6 Å². The Morgan fingerprint density at radius 3 is 2.45 bits per heavy atom. The van der Waals surface area contributed by atoms with Gasteiger partial charge in [0.15, 0.2) is 0 Å². The molecule has 1 aromatic carbocycles. The van der Waals surface area contributed by atoms with Crippen molar-refractivity contribution in [2.45, 2.75) is 44.2 Å². The van der Waals surface area contributed by atoms with Gasteiger partial charge in [0, 0.05) is 16.1 Å².